The lowest BCUT2D eigenvalue weighted by Gasteiger charge is -2.30. The smallest absolute Gasteiger partial charge is 0.146 e. The fourth-order valence-electron chi connectivity index (χ4n) is 3.58. The molecule has 1 N–H and O–H groups in total. The molecule has 3 unspecified atom stereocenters. The van der Waals surface area contributed by atoms with E-state index in [2.05, 4.69) is 15.1 Å². The standard InChI is InChI=1S/C13H22N4O/c1-16-9-14-15-13(16)8-17-7-3-5-11(17)10-4-2-6-12(10)18/h9-12,18H,2-8H2,1H3. The van der Waals surface area contributed by atoms with Crippen molar-refractivity contribution in [1.29, 1.82) is 0 Å². The molecule has 0 bridgehead atoms. The van der Waals surface area contributed by atoms with E-state index in [-0.39, 0.29) is 6.10 Å². The Bertz CT molecular complexity index is 405. The zero-order valence-corrected chi connectivity index (χ0v) is 11.0. The maximum atomic E-state index is 10.1. The molecular formula is C13H22N4O. The van der Waals surface area contributed by atoms with Crippen molar-refractivity contribution < 1.29 is 5.11 Å². The van der Waals surface area contributed by atoms with Crippen LogP contribution in [0.25, 0.3) is 0 Å². The van der Waals surface area contributed by atoms with Gasteiger partial charge in [-0.3, -0.25) is 4.90 Å². The van der Waals surface area contributed by atoms with Crippen LogP contribution < -0.4 is 0 Å². The van der Waals surface area contributed by atoms with Gasteiger partial charge in [0.1, 0.15) is 12.2 Å². The Morgan fingerprint density at radius 3 is 2.89 bits per heavy atom. The topological polar surface area (TPSA) is 54.2 Å². The van der Waals surface area contributed by atoms with Crippen molar-refractivity contribution in [2.75, 3.05) is 6.54 Å². The van der Waals surface area contributed by atoms with E-state index in [1.165, 1.54) is 25.7 Å². The van der Waals surface area contributed by atoms with E-state index in [4.69, 9.17) is 0 Å². The number of aryl methyl sites for hydroxylation is 1. The molecule has 100 valence electrons. The molecule has 1 aliphatic carbocycles. The highest BCUT2D eigenvalue weighted by atomic mass is 16.3. The van der Waals surface area contributed by atoms with E-state index < -0.39 is 0 Å². The van der Waals surface area contributed by atoms with Gasteiger partial charge in [-0.05, 0) is 32.2 Å². The maximum absolute atomic E-state index is 10.1. The highest BCUT2D eigenvalue weighted by Gasteiger charge is 2.38. The Balaban J connectivity index is 1.69. The third-order valence-corrected chi connectivity index (χ3v) is 4.59. The first-order chi connectivity index (χ1) is 8.75. The molecule has 1 aromatic heterocycles. The summed E-state index contributed by atoms with van der Waals surface area (Å²) in [6.45, 7) is 1.99. The number of hydrogen-bond acceptors (Lipinski definition) is 4. The molecule has 0 amide bonds. The van der Waals surface area contributed by atoms with Gasteiger partial charge in [-0.2, -0.15) is 0 Å². The van der Waals surface area contributed by atoms with Crippen LogP contribution in [0.5, 0.6) is 0 Å². The summed E-state index contributed by atoms with van der Waals surface area (Å²) in [5.74, 6) is 1.50. The lowest BCUT2D eigenvalue weighted by atomic mass is 9.94. The summed E-state index contributed by atoms with van der Waals surface area (Å²) >= 11 is 0. The molecule has 2 aliphatic rings. The lowest BCUT2D eigenvalue weighted by Crippen LogP contribution is -2.38. The molecule has 0 spiro atoms. The van der Waals surface area contributed by atoms with E-state index in [1.54, 1.807) is 6.33 Å². The average molecular weight is 250 g/mol. The van der Waals surface area contributed by atoms with Gasteiger partial charge in [0.2, 0.25) is 0 Å². The van der Waals surface area contributed by atoms with Crippen molar-refractivity contribution in [3.8, 4) is 0 Å². The van der Waals surface area contributed by atoms with Crippen LogP contribution in [-0.4, -0.2) is 43.5 Å². The molecule has 1 saturated carbocycles. The second-order valence-electron chi connectivity index (χ2n) is 5.70. The zero-order valence-electron chi connectivity index (χ0n) is 11.0. The Morgan fingerprint density at radius 2 is 2.22 bits per heavy atom. The normalized spacial score (nSPS) is 33.3. The van der Waals surface area contributed by atoms with Crippen LogP contribution in [-0.2, 0) is 13.6 Å². The summed E-state index contributed by atoms with van der Waals surface area (Å²) in [6.07, 6.45) is 7.48. The molecule has 5 heteroatoms. The van der Waals surface area contributed by atoms with Crippen LogP contribution in [0, 0.1) is 5.92 Å². The van der Waals surface area contributed by atoms with Crippen molar-refractivity contribution in [3.05, 3.63) is 12.2 Å². The Morgan fingerprint density at radius 1 is 1.33 bits per heavy atom. The summed E-state index contributed by atoms with van der Waals surface area (Å²) in [6, 6.07) is 0.541. The van der Waals surface area contributed by atoms with Gasteiger partial charge in [-0.15, -0.1) is 10.2 Å². The van der Waals surface area contributed by atoms with Gasteiger partial charge in [0.05, 0.1) is 12.6 Å². The van der Waals surface area contributed by atoms with Crippen molar-refractivity contribution in [3.63, 3.8) is 0 Å². The second kappa shape index (κ2) is 4.97. The molecule has 0 radical (unpaired) electrons. The van der Waals surface area contributed by atoms with Crippen LogP contribution >= 0.6 is 0 Å². The number of aliphatic hydroxyl groups is 1. The number of rotatable bonds is 3. The SMILES string of the molecule is Cn1cnnc1CN1CCCC1C1CCCC1O. The third-order valence-electron chi connectivity index (χ3n) is 4.59. The Labute approximate surface area is 108 Å². The molecule has 0 aromatic carbocycles. The number of likely N-dealkylation sites (tertiary alicyclic amines) is 1. The molecule has 1 aliphatic heterocycles. The monoisotopic (exact) mass is 250 g/mol. The fraction of sp³-hybridized carbons (Fsp3) is 0.846. The van der Waals surface area contributed by atoms with Gasteiger partial charge in [0.15, 0.2) is 0 Å². The average Bonchev–Trinajstić information content (AvgIpc) is 3.03. The van der Waals surface area contributed by atoms with Gasteiger partial charge in [-0.1, -0.05) is 6.42 Å². The summed E-state index contributed by atoms with van der Waals surface area (Å²) in [5, 5.41) is 18.2. The van der Waals surface area contributed by atoms with Crippen molar-refractivity contribution in [2.45, 2.75) is 50.8 Å². The van der Waals surface area contributed by atoms with Gasteiger partial charge < -0.3 is 9.67 Å². The first-order valence-corrected chi connectivity index (χ1v) is 7.00. The van der Waals surface area contributed by atoms with Crippen molar-refractivity contribution in [1.82, 2.24) is 19.7 Å². The van der Waals surface area contributed by atoms with E-state index in [1.807, 2.05) is 11.6 Å². The predicted molar refractivity (Wildman–Crippen MR) is 67.8 cm³/mol. The molecule has 18 heavy (non-hydrogen) atoms. The van der Waals surface area contributed by atoms with Crippen LogP contribution in [0.2, 0.25) is 0 Å². The number of aliphatic hydroxyl groups excluding tert-OH is 1. The van der Waals surface area contributed by atoms with Gasteiger partial charge in [-0.25, -0.2) is 0 Å². The minimum Gasteiger partial charge on any atom is -0.393 e. The number of hydrogen-bond donors (Lipinski definition) is 1. The lowest BCUT2D eigenvalue weighted by molar-refractivity contribution is 0.0705. The highest BCUT2D eigenvalue weighted by Crippen LogP contribution is 2.36. The summed E-state index contributed by atoms with van der Waals surface area (Å²) in [7, 11) is 1.99. The highest BCUT2D eigenvalue weighted by molar-refractivity contribution is 4.94. The Hall–Kier alpha value is -0.940. The minimum absolute atomic E-state index is 0.0879. The maximum Gasteiger partial charge on any atom is 0.146 e. The van der Waals surface area contributed by atoms with Crippen LogP contribution in [0.4, 0.5) is 0 Å². The van der Waals surface area contributed by atoms with E-state index in [9.17, 15) is 5.11 Å². The summed E-state index contributed by atoms with van der Waals surface area (Å²) in [4.78, 5) is 2.49. The van der Waals surface area contributed by atoms with Crippen LogP contribution in [0.15, 0.2) is 6.33 Å². The first kappa shape index (κ1) is 12.1. The largest absolute Gasteiger partial charge is 0.393 e. The number of nitrogens with zero attached hydrogens (tertiary/aromatic N) is 4. The molecule has 1 aromatic rings. The van der Waals surface area contributed by atoms with Crippen molar-refractivity contribution in [2.24, 2.45) is 13.0 Å². The van der Waals surface area contributed by atoms with Crippen molar-refractivity contribution >= 4 is 0 Å². The summed E-state index contributed by atoms with van der Waals surface area (Å²) < 4.78 is 1.99. The van der Waals surface area contributed by atoms with E-state index in [0.717, 1.165) is 25.3 Å². The van der Waals surface area contributed by atoms with E-state index >= 15 is 0 Å². The van der Waals surface area contributed by atoms with Gasteiger partial charge in [0, 0.05) is 19.0 Å². The minimum atomic E-state index is -0.0879. The van der Waals surface area contributed by atoms with E-state index in [0.29, 0.717) is 12.0 Å². The molecular weight excluding hydrogens is 228 g/mol. The molecule has 3 rings (SSSR count). The second-order valence-corrected chi connectivity index (χ2v) is 5.70. The fourth-order valence-corrected chi connectivity index (χ4v) is 3.58. The van der Waals surface area contributed by atoms with Crippen LogP contribution in [0.1, 0.15) is 37.9 Å². The third kappa shape index (κ3) is 2.17. The number of aromatic nitrogens is 3. The molecule has 2 fully saturated rings. The Kier molecular flexibility index (Phi) is 3.35. The predicted octanol–water partition coefficient (Wildman–Crippen LogP) is 0.940. The van der Waals surface area contributed by atoms with Gasteiger partial charge >= 0.3 is 0 Å². The molecule has 3 atom stereocenters. The quantitative estimate of drug-likeness (QED) is 0.867. The van der Waals surface area contributed by atoms with Gasteiger partial charge in [0.25, 0.3) is 0 Å². The molecule has 2 heterocycles. The zero-order chi connectivity index (χ0) is 12.5. The van der Waals surface area contributed by atoms with Crippen LogP contribution in [0.3, 0.4) is 0 Å². The molecule has 1 saturated heterocycles. The molecule has 5 nitrogen and oxygen atoms in total. The summed E-state index contributed by atoms with van der Waals surface area (Å²) in [5.41, 5.74) is 0. The first-order valence-electron chi connectivity index (χ1n) is 7.00.